The van der Waals surface area contributed by atoms with E-state index in [1.165, 1.54) is 4.90 Å². The van der Waals surface area contributed by atoms with Crippen molar-refractivity contribution >= 4 is 17.7 Å². The summed E-state index contributed by atoms with van der Waals surface area (Å²) in [7, 11) is 0. The highest BCUT2D eigenvalue weighted by Crippen LogP contribution is 2.14. The third-order valence-corrected chi connectivity index (χ3v) is 4.12. The van der Waals surface area contributed by atoms with E-state index < -0.39 is 0 Å². The van der Waals surface area contributed by atoms with Gasteiger partial charge in [-0.3, -0.25) is 19.3 Å². The Kier molecular flexibility index (Phi) is 6.32. The minimum absolute atomic E-state index is 0.00328. The van der Waals surface area contributed by atoms with Crippen LogP contribution in [0.15, 0.2) is 30.3 Å². The number of nitrogens with one attached hydrogen (secondary N) is 1. The predicted octanol–water partition coefficient (Wildman–Crippen LogP) is 2.57. The van der Waals surface area contributed by atoms with E-state index >= 15 is 0 Å². The lowest BCUT2D eigenvalue weighted by atomic mass is 10.1. The van der Waals surface area contributed by atoms with Gasteiger partial charge in [-0.15, -0.1) is 0 Å². The van der Waals surface area contributed by atoms with Crippen molar-refractivity contribution in [2.45, 2.75) is 51.5 Å². The van der Waals surface area contributed by atoms with Crippen LogP contribution in [0, 0.1) is 0 Å². The first-order valence-corrected chi connectivity index (χ1v) is 8.25. The maximum absolute atomic E-state index is 11.9. The van der Waals surface area contributed by atoms with Gasteiger partial charge in [0.2, 0.25) is 17.7 Å². The molecule has 0 bridgehead atoms. The van der Waals surface area contributed by atoms with Crippen LogP contribution in [0.25, 0.3) is 0 Å². The number of carbonyl (C=O) groups excluding carboxylic acids is 3. The molecular weight excluding hydrogens is 292 g/mol. The average Bonchev–Trinajstić information content (AvgIpc) is 2.87. The molecule has 0 saturated carbocycles. The summed E-state index contributed by atoms with van der Waals surface area (Å²) in [6, 6.07) is 9.86. The topological polar surface area (TPSA) is 66.5 Å². The number of nitrogens with zero attached hydrogens (tertiary/aromatic N) is 1. The number of hydrogen-bond donors (Lipinski definition) is 1. The van der Waals surface area contributed by atoms with Crippen LogP contribution in [-0.2, 0) is 14.4 Å². The molecule has 1 atom stereocenters. The highest BCUT2D eigenvalue weighted by Gasteiger charge is 2.27. The number of rotatable bonds is 8. The molecule has 23 heavy (non-hydrogen) atoms. The minimum Gasteiger partial charge on any atom is -0.350 e. The van der Waals surface area contributed by atoms with Gasteiger partial charge in [0.05, 0.1) is 6.04 Å². The summed E-state index contributed by atoms with van der Waals surface area (Å²) in [5.41, 5.74) is 1.09. The fourth-order valence-electron chi connectivity index (χ4n) is 2.74. The Morgan fingerprint density at radius 2 is 1.74 bits per heavy atom. The summed E-state index contributed by atoms with van der Waals surface area (Å²) >= 11 is 0. The maximum Gasteiger partial charge on any atom is 0.229 e. The Morgan fingerprint density at radius 3 is 2.39 bits per heavy atom. The Morgan fingerprint density at radius 1 is 1.09 bits per heavy atom. The largest absolute Gasteiger partial charge is 0.350 e. The molecule has 124 valence electrons. The van der Waals surface area contributed by atoms with Gasteiger partial charge in [0, 0.05) is 25.8 Å². The zero-order valence-electron chi connectivity index (χ0n) is 13.6. The molecule has 1 fully saturated rings. The number of unbranched alkanes of at least 4 members (excludes halogenated alkanes) is 2. The first-order chi connectivity index (χ1) is 11.1. The van der Waals surface area contributed by atoms with Crippen molar-refractivity contribution in [1.82, 2.24) is 10.2 Å². The van der Waals surface area contributed by atoms with Crippen molar-refractivity contribution < 1.29 is 14.4 Å². The van der Waals surface area contributed by atoms with Crippen molar-refractivity contribution in [2.75, 3.05) is 6.54 Å². The lowest BCUT2D eigenvalue weighted by Gasteiger charge is -2.15. The molecule has 2 rings (SSSR count). The number of likely N-dealkylation sites (tertiary alicyclic amines) is 1. The molecule has 0 spiro atoms. The summed E-state index contributed by atoms with van der Waals surface area (Å²) in [6.07, 6.45) is 3.53. The second-order valence-electron chi connectivity index (χ2n) is 5.95. The molecule has 5 nitrogen and oxygen atoms in total. The summed E-state index contributed by atoms with van der Waals surface area (Å²) in [5, 5.41) is 2.98. The van der Waals surface area contributed by atoms with Crippen molar-refractivity contribution in [1.29, 1.82) is 0 Å². The van der Waals surface area contributed by atoms with Crippen LogP contribution in [0.5, 0.6) is 0 Å². The molecule has 5 heteroatoms. The van der Waals surface area contributed by atoms with E-state index in [4.69, 9.17) is 0 Å². The summed E-state index contributed by atoms with van der Waals surface area (Å²) in [6.45, 7) is 2.46. The first-order valence-electron chi connectivity index (χ1n) is 8.25. The maximum atomic E-state index is 11.9. The SMILES string of the molecule is C[C@@H](NC(=O)CCCCCN1C(=O)CCC1=O)c1ccccc1. The second-order valence-corrected chi connectivity index (χ2v) is 5.95. The fourth-order valence-corrected chi connectivity index (χ4v) is 2.74. The summed E-state index contributed by atoms with van der Waals surface area (Å²) in [5.74, 6) is -0.0939. The molecule has 1 aliphatic rings. The molecule has 0 aromatic heterocycles. The van der Waals surface area contributed by atoms with Gasteiger partial charge in [0.25, 0.3) is 0 Å². The smallest absolute Gasteiger partial charge is 0.229 e. The fraction of sp³-hybridized carbons (Fsp3) is 0.500. The Bertz CT molecular complexity index is 541. The Balaban J connectivity index is 1.60. The molecule has 1 aromatic carbocycles. The first kappa shape index (κ1) is 17.2. The lowest BCUT2D eigenvalue weighted by Crippen LogP contribution is -2.30. The van der Waals surface area contributed by atoms with E-state index in [9.17, 15) is 14.4 Å². The molecule has 1 saturated heterocycles. The van der Waals surface area contributed by atoms with Gasteiger partial charge in [-0.05, 0) is 25.3 Å². The zero-order chi connectivity index (χ0) is 16.7. The molecule has 0 aliphatic carbocycles. The van der Waals surface area contributed by atoms with E-state index in [1.807, 2.05) is 37.3 Å². The lowest BCUT2D eigenvalue weighted by molar-refractivity contribution is -0.138. The predicted molar refractivity (Wildman–Crippen MR) is 87.4 cm³/mol. The number of hydrogen-bond acceptors (Lipinski definition) is 3. The van der Waals surface area contributed by atoms with Crippen molar-refractivity contribution in [2.24, 2.45) is 0 Å². The number of benzene rings is 1. The third-order valence-electron chi connectivity index (χ3n) is 4.12. The molecule has 1 N–H and O–H groups in total. The van der Waals surface area contributed by atoms with Crippen LogP contribution in [0.1, 0.15) is 57.1 Å². The average molecular weight is 316 g/mol. The second kappa shape index (κ2) is 8.46. The molecule has 3 amide bonds. The molecule has 0 radical (unpaired) electrons. The molecule has 1 aliphatic heterocycles. The number of amides is 3. The normalized spacial score (nSPS) is 15.8. The van der Waals surface area contributed by atoms with Gasteiger partial charge in [-0.2, -0.15) is 0 Å². The molecular formula is C18H24N2O3. The quantitative estimate of drug-likeness (QED) is 0.592. The zero-order valence-corrected chi connectivity index (χ0v) is 13.6. The van der Waals surface area contributed by atoms with Crippen LogP contribution < -0.4 is 5.32 Å². The summed E-state index contributed by atoms with van der Waals surface area (Å²) in [4.78, 5) is 36.2. The van der Waals surface area contributed by atoms with Crippen LogP contribution in [-0.4, -0.2) is 29.2 Å². The molecule has 1 heterocycles. The van der Waals surface area contributed by atoms with E-state index in [0.717, 1.165) is 24.8 Å². The monoisotopic (exact) mass is 316 g/mol. The van der Waals surface area contributed by atoms with E-state index in [1.54, 1.807) is 0 Å². The Labute approximate surface area is 137 Å². The van der Waals surface area contributed by atoms with Crippen molar-refractivity contribution in [3.05, 3.63) is 35.9 Å². The van der Waals surface area contributed by atoms with Gasteiger partial charge in [0.15, 0.2) is 0 Å². The number of carbonyl (C=O) groups is 3. The third kappa shape index (κ3) is 5.20. The van der Waals surface area contributed by atoms with Crippen molar-refractivity contribution in [3.63, 3.8) is 0 Å². The standard InChI is InChI=1S/C18H24N2O3/c1-14(15-8-4-2-5-9-15)19-16(21)10-6-3-7-13-20-17(22)11-12-18(20)23/h2,4-5,8-9,14H,3,6-7,10-13H2,1H3,(H,19,21)/t14-/m1/s1. The van der Waals surface area contributed by atoms with Crippen molar-refractivity contribution in [3.8, 4) is 0 Å². The van der Waals surface area contributed by atoms with Crippen LogP contribution in [0.3, 0.4) is 0 Å². The van der Waals surface area contributed by atoms with E-state index in [2.05, 4.69) is 5.32 Å². The van der Waals surface area contributed by atoms with Crippen LogP contribution in [0.4, 0.5) is 0 Å². The van der Waals surface area contributed by atoms with Gasteiger partial charge in [0.1, 0.15) is 0 Å². The highest BCUT2D eigenvalue weighted by molar-refractivity contribution is 6.01. The highest BCUT2D eigenvalue weighted by atomic mass is 16.2. The Hall–Kier alpha value is -2.17. The number of imide groups is 1. The molecule has 0 unspecified atom stereocenters. The van der Waals surface area contributed by atoms with E-state index in [-0.39, 0.29) is 23.8 Å². The summed E-state index contributed by atoms with van der Waals surface area (Å²) < 4.78 is 0. The van der Waals surface area contributed by atoms with Crippen LogP contribution >= 0.6 is 0 Å². The van der Waals surface area contributed by atoms with Crippen LogP contribution in [0.2, 0.25) is 0 Å². The van der Waals surface area contributed by atoms with Gasteiger partial charge < -0.3 is 5.32 Å². The van der Waals surface area contributed by atoms with Gasteiger partial charge in [-0.25, -0.2) is 0 Å². The van der Waals surface area contributed by atoms with Gasteiger partial charge in [-0.1, -0.05) is 36.8 Å². The van der Waals surface area contributed by atoms with E-state index in [0.29, 0.717) is 25.8 Å². The molecule has 1 aromatic rings. The van der Waals surface area contributed by atoms with Gasteiger partial charge >= 0.3 is 0 Å². The minimum atomic E-state index is -0.0653.